The van der Waals surface area contributed by atoms with Gasteiger partial charge < -0.3 is 24.9 Å². The van der Waals surface area contributed by atoms with Crippen molar-refractivity contribution in [2.75, 3.05) is 26.4 Å². The van der Waals surface area contributed by atoms with Crippen LogP contribution < -0.4 is 16.0 Å². The molecule has 1 atom stereocenters. The number of hydrogen-bond acceptors (Lipinski definition) is 5. The second kappa shape index (κ2) is 8.21. The van der Waals surface area contributed by atoms with Gasteiger partial charge >= 0.3 is 6.18 Å². The number of benzene rings is 1. The number of halogens is 4. The Morgan fingerprint density at radius 2 is 2.00 bits per heavy atom. The standard InChI is InChI=1S/C18H16F4N2O5/c19-14-5-9(29-8-10-7-27-3-4-28-10)1-2-11(14)12-6-13(16(23)25)17(26)24-15(12)18(20,21)22/h1-2,5-6,10H,3-4,7-8H2,(H2,23,25)(H,24,26). The van der Waals surface area contributed by atoms with E-state index in [1.165, 1.54) is 6.07 Å². The van der Waals surface area contributed by atoms with Crippen molar-refractivity contribution in [1.29, 1.82) is 0 Å². The topological polar surface area (TPSA) is 104 Å². The molecule has 1 aromatic carbocycles. The van der Waals surface area contributed by atoms with Gasteiger partial charge in [-0.1, -0.05) is 0 Å². The van der Waals surface area contributed by atoms with E-state index >= 15 is 0 Å². The van der Waals surface area contributed by atoms with E-state index in [1.807, 2.05) is 0 Å². The summed E-state index contributed by atoms with van der Waals surface area (Å²) in [7, 11) is 0. The lowest BCUT2D eigenvalue weighted by atomic mass is 10.0. The van der Waals surface area contributed by atoms with Crippen LogP contribution in [0.4, 0.5) is 17.6 Å². The zero-order valence-corrected chi connectivity index (χ0v) is 14.8. The van der Waals surface area contributed by atoms with E-state index in [0.29, 0.717) is 25.9 Å². The molecule has 1 fully saturated rings. The summed E-state index contributed by atoms with van der Waals surface area (Å²) >= 11 is 0. The highest BCUT2D eigenvalue weighted by molar-refractivity contribution is 5.94. The summed E-state index contributed by atoms with van der Waals surface area (Å²) in [6, 6.07) is 3.83. The summed E-state index contributed by atoms with van der Waals surface area (Å²) in [6.07, 6.45) is -5.34. The van der Waals surface area contributed by atoms with Gasteiger partial charge in [0.2, 0.25) is 0 Å². The molecule has 1 aliphatic heterocycles. The van der Waals surface area contributed by atoms with Crippen LogP contribution in [0.5, 0.6) is 5.75 Å². The fourth-order valence-electron chi connectivity index (χ4n) is 2.78. The van der Waals surface area contributed by atoms with Crippen LogP contribution >= 0.6 is 0 Å². The van der Waals surface area contributed by atoms with Crippen LogP contribution in [-0.4, -0.2) is 43.4 Å². The van der Waals surface area contributed by atoms with Gasteiger partial charge in [0, 0.05) is 17.2 Å². The minimum atomic E-state index is -5.00. The Kier molecular flexibility index (Phi) is 5.89. The Labute approximate surface area is 161 Å². The van der Waals surface area contributed by atoms with Crippen molar-refractivity contribution in [3.05, 3.63) is 51.7 Å². The van der Waals surface area contributed by atoms with E-state index < -0.39 is 45.8 Å². The number of ether oxygens (including phenoxy) is 3. The quantitative estimate of drug-likeness (QED) is 0.727. The molecular weight excluding hydrogens is 400 g/mol. The zero-order chi connectivity index (χ0) is 21.2. The van der Waals surface area contributed by atoms with E-state index in [-0.39, 0.29) is 18.5 Å². The molecule has 0 aliphatic carbocycles. The zero-order valence-electron chi connectivity index (χ0n) is 14.8. The molecule has 1 amide bonds. The van der Waals surface area contributed by atoms with Gasteiger partial charge in [0.1, 0.15) is 35.5 Å². The number of amides is 1. The third kappa shape index (κ3) is 4.74. The number of aromatic amines is 1. The highest BCUT2D eigenvalue weighted by atomic mass is 19.4. The van der Waals surface area contributed by atoms with Crippen molar-refractivity contribution in [2.24, 2.45) is 5.73 Å². The predicted molar refractivity (Wildman–Crippen MR) is 92.0 cm³/mol. The number of hydrogen-bond donors (Lipinski definition) is 2. The summed E-state index contributed by atoms with van der Waals surface area (Å²) in [6.45, 7) is 1.24. The number of carbonyl (C=O) groups is 1. The Hall–Kier alpha value is -2.92. The molecule has 1 unspecified atom stereocenters. The number of carbonyl (C=O) groups excluding carboxylic acids is 1. The Morgan fingerprint density at radius 3 is 2.59 bits per heavy atom. The van der Waals surface area contributed by atoms with Crippen LogP contribution in [0.3, 0.4) is 0 Å². The monoisotopic (exact) mass is 416 g/mol. The van der Waals surface area contributed by atoms with Crippen molar-refractivity contribution < 1.29 is 36.6 Å². The smallest absolute Gasteiger partial charge is 0.431 e. The fourth-order valence-corrected chi connectivity index (χ4v) is 2.78. The second-order valence-corrected chi connectivity index (χ2v) is 6.18. The molecule has 3 rings (SSSR count). The Bertz CT molecular complexity index is 968. The number of rotatable bonds is 5. The molecule has 1 saturated heterocycles. The molecular formula is C18H16F4N2O5. The molecule has 2 heterocycles. The molecule has 3 N–H and O–H groups in total. The Balaban J connectivity index is 1.94. The van der Waals surface area contributed by atoms with Crippen LogP contribution in [0, 0.1) is 5.82 Å². The number of pyridine rings is 1. The van der Waals surface area contributed by atoms with Gasteiger partial charge in [-0.3, -0.25) is 9.59 Å². The van der Waals surface area contributed by atoms with Crippen LogP contribution in [0.1, 0.15) is 16.1 Å². The molecule has 0 spiro atoms. The average molecular weight is 416 g/mol. The maximum absolute atomic E-state index is 14.6. The minimum Gasteiger partial charge on any atom is -0.491 e. The molecule has 156 valence electrons. The lowest BCUT2D eigenvalue weighted by Gasteiger charge is -2.23. The largest absolute Gasteiger partial charge is 0.491 e. The minimum absolute atomic E-state index is 0.0635. The maximum atomic E-state index is 14.6. The van der Waals surface area contributed by atoms with Gasteiger partial charge in [-0.2, -0.15) is 13.2 Å². The molecule has 0 bridgehead atoms. The molecule has 0 saturated carbocycles. The summed E-state index contributed by atoms with van der Waals surface area (Å²) in [5, 5.41) is 0. The highest BCUT2D eigenvalue weighted by Crippen LogP contribution is 2.37. The predicted octanol–water partition coefficient (Wildman–Crippen LogP) is 2.09. The first-order valence-electron chi connectivity index (χ1n) is 8.43. The second-order valence-electron chi connectivity index (χ2n) is 6.18. The molecule has 1 aliphatic rings. The van der Waals surface area contributed by atoms with Gasteiger partial charge in [-0.05, 0) is 18.2 Å². The number of H-pyrrole nitrogens is 1. The van der Waals surface area contributed by atoms with Crippen molar-refractivity contribution in [3.63, 3.8) is 0 Å². The van der Waals surface area contributed by atoms with Crippen molar-refractivity contribution >= 4 is 5.91 Å². The summed E-state index contributed by atoms with van der Waals surface area (Å²) in [5.74, 6) is -2.22. The van der Waals surface area contributed by atoms with Gasteiger partial charge in [0.15, 0.2) is 0 Å². The van der Waals surface area contributed by atoms with Crippen LogP contribution in [0.2, 0.25) is 0 Å². The number of nitrogens with two attached hydrogens (primary N) is 1. The maximum Gasteiger partial charge on any atom is 0.431 e. The first-order chi connectivity index (χ1) is 13.7. The number of nitrogens with one attached hydrogen (secondary N) is 1. The fraction of sp³-hybridized carbons (Fsp3) is 0.333. The first-order valence-corrected chi connectivity index (χ1v) is 8.43. The number of primary amides is 1. The average Bonchev–Trinajstić information content (AvgIpc) is 2.66. The highest BCUT2D eigenvalue weighted by Gasteiger charge is 2.36. The lowest BCUT2D eigenvalue weighted by molar-refractivity contribution is -0.140. The van der Waals surface area contributed by atoms with Crippen molar-refractivity contribution in [2.45, 2.75) is 12.3 Å². The van der Waals surface area contributed by atoms with Gasteiger partial charge in [0.25, 0.3) is 11.5 Å². The van der Waals surface area contributed by atoms with E-state index in [1.54, 1.807) is 4.98 Å². The normalized spacial score (nSPS) is 17.2. The summed E-state index contributed by atoms with van der Waals surface area (Å²) < 4.78 is 70.5. The Morgan fingerprint density at radius 1 is 1.24 bits per heavy atom. The van der Waals surface area contributed by atoms with E-state index in [2.05, 4.69) is 0 Å². The summed E-state index contributed by atoms with van der Waals surface area (Å²) in [5.41, 5.74) is 0.280. The molecule has 1 aromatic heterocycles. The molecule has 29 heavy (non-hydrogen) atoms. The van der Waals surface area contributed by atoms with Crippen LogP contribution in [0.25, 0.3) is 11.1 Å². The molecule has 7 nitrogen and oxygen atoms in total. The van der Waals surface area contributed by atoms with Crippen molar-refractivity contribution in [1.82, 2.24) is 4.98 Å². The molecule has 11 heteroatoms. The third-order valence-corrected chi connectivity index (χ3v) is 4.14. The van der Waals surface area contributed by atoms with E-state index in [9.17, 15) is 27.2 Å². The van der Waals surface area contributed by atoms with Crippen LogP contribution in [0.15, 0.2) is 29.1 Å². The van der Waals surface area contributed by atoms with Gasteiger partial charge in [-0.25, -0.2) is 4.39 Å². The van der Waals surface area contributed by atoms with E-state index in [0.717, 1.165) is 12.1 Å². The van der Waals surface area contributed by atoms with E-state index in [4.69, 9.17) is 19.9 Å². The number of aromatic nitrogens is 1. The molecule has 2 aromatic rings. The van der Waals surface area contributed by atoms with Gasteiger partial charge in [-0.15, -0.1) is 0 Å². The van der Waals surface area contributed by atoms with Gasteiger partial charge in [0.05, 0.1) is 19.8 Å². The summed E-state index contributed by atoms with van der Waals surface area (Å²) in [4.78, 5) is 24.6. The number of alkyl halides is 3. The lowest BCUT2D eigenvalue weighted by Crippen LogP contribution is -2.33. The third-order valence-electron chi connectivity index (χ3n) is 4.14. The first kappa shape index (κ1) is 20.8. The van der Waals surface area contributed by atoms with Crippen molar-refractivity contribution in [3.8, 4) is 16.9 Å². The van der Waals surface area contributed by atoms with Crippen LogP contribution in [-0.2, 0) is 15.7 Å². The molecule has 0 radical (unpaired) electrons. The SMILES string of the molecule is NC(=O)c1cc(-c2ccc(OCC3COCCO3)cc2F)c(C(F)(F)F)[nH]c1=O.